The van der Waals surface area contributed by atoms with Gasteiger partial charge < -0.3 is 9.30 Å². The molecule has 0 aliphatic heterocycles. The van der Waals surface area contributed by atoms with E-state index in [4.69, 9.17) is 9.72 Å². The molecular formula is C33H32N2O. The van der Waals surface area contributed by atoms with Crippen LogP contribution in [-0.4, -0.2) is 16.2 Å². The van der Waals surface area contributed by atoms with Gasteiger partial charge in [-0.2, -0.15) is 0 Å². The van der Waals surface area contributed by atoms with Crippen LogP contribution in [0.1, 0.15) is 41.3 Å². The van der Waals surface area contributed by atoms with E-state index in [1.807, 2.05) is 12.4 Å². The van der Waals surface area contributed by atoms with Crippen molar-refractivity contribution in [2.45, 2.75) is 31.7 Å². The number of imidazole rings is 1. The Morgan fingerprint density at radius 3 is 1.86 bits per heavy atom. The molecule has 0 N–H and O–H groups in total. The first-order valence-corrected chi connectivity index (χ1v) is 12.7. The van der Waals surface area contributed by atoms with E-state index < -0.39 is 5.54 Å². The molecule has 0 bridgehead atoms. The van der Waals surface area contributed by atoms with Gasteiger partial charge in [0.1, 0.15) is 11.3 Å². The minimum absolute atomic E-state index is 0.522. The maximum atomic E-state index is 6.02. The first kappa shape index (κ1) is 23.6. The second-order valence-electron chi connectivity index (χ2n) is 9.03. The first-order chi connectivity index (χ1) is 17.8. The summed E-state index contributed by atoms with van der Waals surface area (Å²) in [5.41, 5.74) is 5.44. The van der Waals surface area contributed by atoms with Crippen LogP contribution >= 0.6 is 0 Å². The van der Waals surface area contributed by atoms with Crippen LogP contribution in [0.25, 0.3) is 0 Å². The quantitative estimate of drug-likeness (QED) is 0.158. The summed E-state index contributed by atoms with van der Waals surface area (Å²) in [6.07, 6.45) is 6.95. The SMILES string of the molecule is CCc1cccc(OCCCc2cn(C(c3ccccc3)(c3ccccc3)c3ccccc3)cn2)c1. The number of benzene rings is 4. The van der Waals surface area contributed by atoms with Gasteiger partial charge in [0.15, 0.2) is 0 Å². The fourth-order valence-electron chi connectivity index (χ4n) is 4.96. The maximum absolute atomic E-state index is 6.02. The molecule has 36 heavy (non-hydrogen) atoms. The van der Waals surface area contributed by atoms with Crippen LogP contribution in [0.5, 0.6) is 5.75 Å². The average Bonchev–Trinajstić information content (AvgIpc) is 3.42. The van der Waals surface area contributed by atoms with Crippen LogP contribution in [-0.2, 0) is 18.4 Å². The molecule has 5 rings (SSSR count). The number of hydrogen-bond donors (Lipinski definition) is 0. The van der Waals surface area contributed by atoms with Gasteiger partial charge in [0.25, 0.3) is 0 Å². The van der Waals surface area contributed by atoms with Crippen LogP contribution in [0.3, 0.4) is 0 Å². The monoisotopic (exact) mass is 472 g/mol. The van der Waals surface area contributed by atoms with Crippen molar-refractivity contribution >= 4 is 0 Å². The van der Waals surface area contributed by atoms with Gasteiger partial charge >= 0.3 is 0 Å². The standard InChI is InChI=1S/C33H32N2O/c1-2-27-14-12-22-32(24-27)36-23-13-21-31-25-35(26-34-31)33(28-15-6-3-7-16-28,29-17-8-4-9-18-29)30-19-10-5-11-20-30/h3-12,14-20,22,24-26H,2,13,21,23H2,1H3. The summed E-state index contributed by atoms with van der Waals surface area (Å²) in [6, 6.07) is 40.5. The van der Waals surface area contributed by atoms with Crippen LogP contribution in [0.15, 0.2) is 128 Å². The van der Waals surface area contributed by atoms with E-state index in [1.54, 1.807) is 0 Å². The fraction of sp³-hybridized carbons (Fsp3) is 0.182. The Morgan fingerprint density at radius 1 is 0.722 bits per heavy atom. The van der Waals surface area contributed by atoms with Crippen molar-refractivity contribution in [1.82, 2.24) is 9.55 Å². The highest BCUT2D eigenvalue weighted by molar-refractivity contribution is 5.50. The predicted molar refractivity (Wildman–Crippen MR) is 146 cm³/mol. The second kappa shape index (κ2) is 11.1. The highest BCUT2D eigenvalue weighted by Crippen LogP contribution is 2.40. The summed E-state index contributed by atoms with van der Waals surface area (Å²) in [7, 11) is 0. The number of nitrogens with zero attached hydrogens (tertiary/aromatic N) is 2. The zero-order chi connectivity index (χ0) is 24.6. The van der Waals surface area contributed by atoms with Crippen LogP contribution in [0, 0.1) is 0 Å². The van der Waals surface area contributed by atoms with Crippen LogP contribution in [0.2, 0.25) is 0 Å². The second-order valence-corrected chi connectivity index (χ2v) is 9.03. The van der Waals surface area contributed by atoms with Gasteiger partial charge in [-0.15, -0.1) is 0 Å². The Bertz CT molecular complexity index is 1260. The number of aryl methyl sites for hydroxylation is 2. The molecule has 0 saturated carbocycles. The molecule has 0 spiro atoms. The largest absolute Gasteiger partial charge is 0.494 e. The summed E-state index contributed by atoms with van der Waals surface area (Å²) in [5, 5.41) is 0. The molecule has 1 aromatic heterocycles. The average molecular weight is 473 g/mol. The lowest BCUT2D eigenvalue weighted by molar-refractivity contribution is 0.310. The molecular weight excluding hydrogens is 440 g/mol. The summed E-state index contributed by atoms with van der Waals surface area (Å²) in [5.74, 6) is 0.941. The van der Waals surface area contributed by atoms with E-state index in [-0.39, 0.29) is 0 Å². The normalized spacial score (nSPS) is 11.4. The predicted octanol–water partition coefficient (Wildman–Crippen LogP) is 7.30. The van der Waals surface area contributed by atoms with Crippen molar-refractivity contribution in [2.75, 3.05) is 6.61 Å². The van der Waals surface area contributed by atoms with Gasteiger partial charge in [-0.25, -0.2) is 4.98 Å². The topological polar surface area (TPSA) is 27.1 Å². The van der Waals surface area contributed by atoms with Crippen molar-refractivity contribution in [3.63, 3.8) is 0 Å². The highest BCUT2D eigenvalue weighted by atomic mass is 16.5. The third-order valence-electron chi connectivity index (χ3n) is 6.75. The summed E-state index contributed by atoms with van der Waals surface area (Å²) >= 11 is 0. The minimum Gasteiger partial charge on any atom is -0.494 e. The molecule has 0 radical (unpaired) electrons. The molecule has 0 fully saturated rings. The molecule has 1 heterocycles. The molecule has 0 atom stereocenters. The molecule has 0 amide bonds. The molecule has 5 aromatic rings. The number of hydrogen-bond acceptors (Lipinski definition) is 2. The van der Waals surface area contributed by atoms with E-state index in [1.165, 1.54) is 22.3 Å². The van der Waals surface area contributed by atoms with Gasteiger partial charge in [-0.05, 0) is 53.6 Å². The maximum Gasteiger partial charge on any atom is 0.121 e. The van der Waals surface area contributed by atoms with Crippen molar-refractivity contribution in [3.8, 4) is 5.75 Å². The molecule has 3 heteroatoms. The minimum atomic E-state index is -0.522. The molecule has 0 aliphatic rings. The Balaban J connectivity index is 1.45. The van der Waals surface area contributed by atoms with Gasteiger partial charge in [0.05, 0.1) is 18.6 Å². The Morgan fingerprint density at radius 2 is 1.31 bits per heavy atom. The fourth-order valence-corrected chi connectivity index (χ4v) is 4.96. The van der Waals surface area contributed by atoms with Crippen molar-refractivity contribution in [1.29, 1.82) is 0 Å². The lowest BCUT2D eigenvalue weighted by atomic mass is 9.77. The Kier molecular flexibility index (Phi) is 7.28. The van der Waals surface area contributed by atoms with Gasteiger partial charge in [-0.1, -0.05) is 110 Å². The van der Waals surface area contributed by atoms with E-state index in [0.29, 0.717) is 6.61 Å². The molecule has 3 nitrogen and oxygen atoms in total. The van der Waals surface area contributed by atoms with E-state index in [2.05, 4.69) is 127 Å². The van der Waals surface area contributed by atoms with Crippen molar-refractivity contribution in [3.05, 3.63) is 156 Å². The summed E-state index contributed by atoms with van der Waals surface area (Å²) < 4.78 is 8.29. The summed E-state index contributed by atoms with van der Waals surface area (Å²) in [4.78, 5) is 4.84. The van der Waals surface area contributed by atoms with Crippen LogP contribution in [0.4, 0.5) is 0 Å². The van der Waals surface area contributed by atoms with Gasteiger partial charge in [0.2, 0.25) is 0 Å². The molecule has 0 saturated heterocycles. The first-order valence-electron chi connectivity index (χ1n) is 12.7. The van der Waals surface area contributed by atoms with Gasteiger partial charge in [0, 0.05) is 6.20 Å². The zero-order valence-corrected chi connectivity index (χ0v) is 20.8. The Hall–Kier alpha value is -4.11. The Labute approximate surface area is 214 Å². The van der Waals surface area contributed by atoms with Gasteiger partial charge in [-0.3, -0.25) is 0 Å². The molecule has 0 aliphatic carbocycles. The molecule has 0 unspecified atom stereocenters. The lowest BCUT2D eigenvalue weighted by Crippen LogP contribution is -2.36. The zero-order valence-electron chi connectivity index (χ0n) is 20.8. The number of rotatable bonds is 10. The number of ether oxygens (including phenoxy) is 1. The molecule has 180 valence electrons. The molecule has 4 aromatic carbocycles. The third-order valence-corrected chi connectivity index (χ3v) is 6.75. The summed E-state index contributed by atoms with van der Waals surface area (Å²) in [6.45, 7) is 2.83. The number of aromatic nitrogens is 2. The van der Waals surface area contributed by atoms with E-state index in [9.17, 15) is 0 Å². The van der Waals surface area contributed by atoms with E-state index >= 15 is 0 Å². The van der Waals surface area contributed by atoms with E-state index in [0.717, 1.165) is 30.7 Å². The highest BCUT2D eigenvalue weighted by Gasteiger charge is 2.38. The van der Waals surface area contributed by atoms with Crippen molar-refractivity contribution in [2.24, 2.45) is 0 Å². The van der Waals surface area contributed by atoms with Crippen molar-refractivity contribution < 1.29 is 4.74 Å². The smallest absolute Gasteiger partial charge is 0.121 e. The van der Waals surface area contributed by atoms with Crippen LogP contribution < -0.4 is 4.74 Å². The lowest BCUT2D eigenvalue weighted by Gasteiger charge is -2.37. The third kappa shape index (κ3) is 4.83.